The summed E-state index contributed by atoms with van der Waals surface area (Å²) in [5.74, 6) is 0.581. The number of rotatable bonds is 5. The van der Waals surface area contributed by atoms with Crippen LogP contribution in [0, 0.1) is 5.92 Å². The Bertz CT molecular complexity index is 200. The minimum Gasteiger partial charge on any atom is -0.341 e. The summed E-state index contributed by atoms with van der Waals surface area (Å²) in [6, 6.07) is 0.206. The van der Waals surface area contributed by atoms with Crippen molar-refractivity contribution in [3.63, 3.8) is 0 Å². The molecule has 15 heavy (non-hydrogen) atoms. The first-order valence-corrected chi connectivity index (χ1v) is 6.23. The largest absolute Gasteiger partial charge is 0.341 e. The molecule has 1 amide bonds. The Morgan fingerprint density at radius 2 is 2.00 bits per heavy atom. The van der Waals surface area contributed by atoms with Gasteiger partial charge in [-0.25, -0.2) is 0 Å². The molecule has 0 aliphatic carbocycles. The van der Waals surface area contributed by atoms with Crippen molar-refractivity contribution in [3.8, 4) is 0 Å². The lowest BCUT2D eigenvalue weighted by Crippen LogP contribution is -2.36. The van der Waals surface area contributed by atoms with Crippen molar-refractivity contribution in [3.05, 3.63) is 0 Å². The number of carbonyl (C=O) groups excluding carboxylic acids is 1. The highest BCUT2D eigenvalue weighted by Crippen LogP contribution is 2.19. The van der Waals surface area contributed by atoms with E-state index in [1.165, 1.54) is 0 Å². The molecule has 1 fully saturated rings. The number of likely N-dealkylation sites (tertiary alicyclic amines) is 1. The SMILES string of the molecule is CCCC(CCC)C(=O)N1CC[C@@H](N)C1. The van der Waals surface area contributed by atoms with E-state index in [1.807, 2.05) is 4.90 Å². The standard InChI is InChI=1S/C12H24N2O/c1-3-5-10(6-4-2)12(15)14-8-7-11(13)9-14/h10-11H,3-9,13H2,1-2H3/t11-/m1/s1. The van der Waals surface area contributed by atoms with Gasteiger partial charge >= 0.3 is 0 Å². The average Bonchev–Trinajstić information content (AvgIpc) is 2.63. The number of hydrogen-bond acceptors (Lipinski definition) is 2. The summed E-state index contributed by atoms with van der Waals surface area (Å²) >= 11 is 0. The quantitative estimate of drug-likeness (QED) is 0.755. The fourth-order valence-corrected chi connectivity index (χ4v) is 2.33. The Morgan fingerprint density at radius 3 is 2.40 bits per heavy atom. The van der Waals surface area contributed by atoms with Gasteiger partial charge in [-0.15, -0.1) is 0 Å². The van der Waals surface area contributed by atoms with E-state index in [0.717, 1.165) is 45.2 Å². The number of nitrogens with zero attached hydrogens (tertiary/aromatic N) is 1. The number of nitrogens with two attached hydrogens (primary N) is 1. The Kier molecular flexibility index (Phi) is 5.09. The fourth-order valence-electron chi connectivity index (χ4n) is 2.33. The Hall–Kier alpha value is -0.570. The van der Waals surface area contributed by atoms with Gasteiger partial charge in [-0.05, 0) is 19.3 Å². The molecule has 1 aliphatic rings. The van der Waals surface area contributed by atoms with Gasteiger partial charge in [0.2, 0.25) is 5.91 Å². The highest BCUT2D eigenvalue weighted by atomic mass is 16.2. The molecule has 1 aliphatic heterocycles. The van der Waals surface area contributed by atoms with E-state index in [1.54, 1.807) is 0 Å². The van der Waals surface area contributed by atoms with Gasteiger partial charge in [0.1, 0.15) is 0 Å². The minimum absolute atomic E-state index is 0.206. The van der Waals surface area contributed by atoms with E-state index in [9.17, 15) is 4.79 Å². The number of hydrogen-bond donors (Lipinski definition) is 1. The van der Waals surface area contributed by atoms with Crippen LogP contribution in [0.1, 0.15) is 46.0 Å². The van der Waals surface area contributed by atoms with Crippen molar-refractivity contribution >= 4 is 5.91 Å². The molecule has 3 heteroatoms. The van der Waals surface area contributed by atoms with Crippen LogP contribution in [0.15, 0.2) is 0 Å². The summed E-state index contributed by atoms with van der Waals surface area (Å²) in [5.41, 5.74) is 5.82. The zero-order valence-corrected chi connectivity index (χ0v) is 10.0. The fraction of sp³-hybridized carbons (Fsp3) is 0.917. The summed E-state index contributed by atoms with van der Waals surface area (Å²) in [6.45, 7) is 5.92. The van der Waals surface area contributed by atoms with Crippen LogP contribution in [0.4, 0.5) is 0 Å². The van der Waals surface area contributed by atoms with Crippen LogP contribution in [-0.2, 0) is 4.79 Å². The van der Waals surface area contributed by atoms with Crippen molar-refractivity contribution in [1.29, 1.82) is 0 Å². The Balaban J connectivity index is 2.47. The van der Waals surface area contributed by atoms with E-state index in [-0.39, 0.29) is 12.0 Å². The second-order valence-electron chi connectivity index (χ2n) is 4.61. The molecule has 0 aromatic carbocycles. The van der Waals surface area contributed by atoms with Crippen molar-refractivity contribution in [1.82, 2.24) is 4.90 Å². The van der Waals surface area contributed by atoms with Gasteiger partial charge in [0, 0.05) is 25.0 Å². The summed E-state index contributed by atoms with van der Waals surface area (Å²) in [4.78, 5) is 14.1. The van der Waals surface area contributed by atoms with Gasteiger partial charge < -0.3 is 10.6 Å². The van der Waals surface area contributed by atoms with Crippen LogP contribution >= 0.6 is 0 Å². The molecule has 0 radical (unpaired) electrons. The van der Waals surface area contributed by atoms with Crippen LogP contribution < -0.4 is 5.73 Å². The molecular formula is C12H24N2O. The lowest BCUT2D eigenvalue weighted by Gasteiger charge is -2.22. The maximum Gasteiger partial charge on any atom is 0.225 e. The minimum atomic E-state index is 0.206. The predicted octanol–water partition coefficient (Wildman–Crippen LogP) is 1.76. The van der Waals surface area contributed by atoms with E-state index >= 15 is 0 Å². The summed E-state index contributed by atoms with van der Waals surface area (Å²) in [5, 5.41) is 0. The zero-order valence-electron chi connectivity index (χ0n) is 10.0. The van der Waals surface area contributed by atoms with Crippen LogP contribution in [0.3, 0.4) is 0 Å². The van der Waals surface area contributed by atoms with E-state index in [4.69, 9.17) is 5.73 Å². The van der Waals surface area contributed by atoms with Gasteiger partial charge in [0.05, 0.1) is 0 Å². The van der Waals surface area contributed by atoms with E-state index < -0.39 is 0 Å². The molecule has 1 saturated heterocycles. The first-order chi connectivity index (χ1) is 7.19. The maximum atomic E-state index is 12.1. The molecule has 0 unspecified atom stereocenters. The molecular weight excluding hydrogens is 188 g/mol. The van der Waals surface area contributed by atoms with Crippen molar-refractivity contribution in [2.45, 2.75) is 52.0 Å². The molecule has 0 saturated carbocycles. The molecule has 0 aromatic heterocycles. The molecule has 0 spiro atoms. The highest BCUT2D eigenvalue weighted by Gasteiger charge is 2.28. The lowest BCUT2D eigenvalue weighted by molar-refractivity contribution is -0.135. The molecule has 0 bridgehead atoms. The first-order valence-electron chi connectivity index (χ1n) is 6.23. The monoisotopic (exact) mass is 212 g/mol. The van der Waals surface area contributed by atoms with Crippen LogP contribution in [-0.4, -0.2) is 29.9 Å². The van der Waals surface area contributed by atoms with Crippen molar-refractivity contribution in [2.75, 3.05) is 13.1 Å². The Morgan fingerprint density at radius 1 is 1.40 bits per heavy atom. The highest BCUT2D eigenvalue weighted by molar-refractivity contribution is 5.79. The van der Waals surface area contributed by atoms with Crippen molar-refractivity contribution < 1.29 is 4.79 Å². The average molecular weight is 212 g/mol. The maximum absolute atomic E-state index is 12.1. The van der Waals surface area contributed by atoms with Crippen molar-refractivity contribution in [2.24, 2.45) is 11.7 Å². The third-order valence-electron chi connectivity index (χ3n) is 3.16. The summed E-state index contributed by atoms with van der Waals surface area (Å²) < 4.78 is 0. The molecule has 0 aromatic rings. The number of carbonyl (C=O) groups is 1. The van der Waals surface area contributed by atoms with Gasteiger partial charge in [0.15, 0.2) is 0 Å². The van der Waals surface area contributed by atoms with Crippen LogP contribution in [0.5, 0.6) is 0 Å². The normalized spacial score (nSPS) is 21.3. The van der Waals surface area contributed by atoms with Gasteiger partial charge in [-0.1, -0.05) is 26.7 Å². The smallest absolute Gasteiger partial charge is 0.225 e. The molecule has 2 N–H and O–H groups in total. The van der Waals surface area contributed by atoms with Gasteiger partial charge in [-0.3, -0.25) is 4.79 Å². The summed E-state index contributed by atoms with van der Waals surface area (Å²) in [6.07, 6.45) is 5.21. The van der Waals surface area contributed by atoms with Crippen LogP contribution in [0.25, 0.3) is 0 Å². The second kappa shape index (κ2) is 6.11. The molecule has 1 heterocycles. The second-order valence-corrected chi connectivity index (χ2v) is 4.61. The topological polar surface area (TPSA) is 46.3 Å². The van der Waals surface area contributed by atoms with Gasteiger partial charge in [0.25, 0.3) is 0 Å². The number of amides is 1. The molecule has 88 valence electrons. The van der Waals surface area contributed by atoms with E-state index in [2.05, 4.69) is 13.8 Å². The first kappa shape index (κ1) is 12.5. The molecule has 1 atom stereocenters. The van der Waals surface area contributed by atoms with Crippen LogP contribution in [0.2, 0.25) is 0 Å². The predicted molar refractivity (Wildman–Crippen MR) is 62.5 cm³/mol. The van der Waals surface area contributed by atoms with Gasteiger partial charge in [-0.2, -0.15) is 0 Å². The zero-order chi connectivity index (χ0) is 11.3. The lowest BCUT2D eigenvalue weighted by atomic mass is 9.97. The third kappa shape index (κ3) is 3.49. The molecule has 1 rings (SSSR count). The van der Waals surface area contributed by atoms with E-state index in [0.29, 0.717) is 5.91 Å². The summed E-state index contributed by atoms with van der Waals surface area (Å²) in [7, 11) is 0. The molecule has 3 nitrogen and oxygen atoms in total. The third-order valence-corrected chi connectivity index (χ3v) is 3.16. The Labute approximate surface area is 93.0 Å².